The quantitative estimate of drug-likeness (QED) is 0.813. The number of rotatable bonds is 5. The molecule has 2 atom stereocenters. The molecule has 2 N–H and O–H groups in total. The highest BCUT2D eigenvalue weighted by Crippen LogP contribution is 2.24. The Bertz CT molecular complexity index is 503. The lowest BCUT2D eigenvalue weighted by atomic mass is 9.94. The third-order valence-electron chi connectivity index (χ3n) is 3.90. The molecule has 6 heteroatoms. The first-order valence-electron chi connectivity index (χ1n) is 7.31. The van der Waals surface area contributed by atoms with Gasteiger partial charge in [-0.2, -0.15) is 0 Å². The first kappa shape index (κ1) is 16.3. The van der Waals surface area contributed by atoms with E-state index in [0.29, 0.717) is 24.3 Å². The van der Waals surface area contributed by atoms with Crippen LogP contribution in [0.25, 0.3) is 0 Å². The molecule has 116 valence electrons. The fourth-order valence-corrected chi connectivity index (χ4v) is 3.85. The molecule has 1 saturated carbocycles. The molecule has 0 unspecified atom stereocenters. The van der Waals surface area contributed by atoms with Crippen molar-refractivity contribution in [3.05, 3.63) is 21.3 Å². The molecule has 1 aromatic rings. The number of hydrogen-bond donors (Lipinski definition) is 2. The van der Waals surface area contributed by atoms with E-state index < -0.39 is 11.9 Å². The number of carbonyl (C=O) groups excluding carboxylic acids is 1. The Morgan fingerprint density at radius 3 is 2.76 bits per heavy atom. The van der Waals surface area contributed by atoms with E-state index >= 15 is 0 Å². The van der Waals surface area contributed by atoms with Gasteiger partial charge in [-0.25, -0.2) is 0 Å². The second-order valence-electron chi connectivity index (χ2n) is 5.49. The van der Waals surface area contributed by atoms with Crippen LogP contribution in [0, 0.1) is 5.92 Å². The maximum absolute atomic E-state index is 12.0. The fourth-order valence-electron chi connectivity index (χ4n) is 2.78. The summed E-state index contributed by atoms with van der Waals surface area (Å²) in [5.41, 5.74) is 0. The molecule has 1 fully saturated rings. The van der Waals surface area contributed by atoms with Crippen LogP contribution in [-0.2, 0) is 16.0 Å². The standard InChI is InChI=1S/C15H20ClNO3S/c16-10-8-11(21-9-10)6-7-14(18)17-13-5-3-1-2-4-12(13)15(19)20/h8-9,12-13H,1-7H2,(H,17,18)(H,19,20)/t12-,13+/m1/s1. The highest BCUT2D eigenvalue weighted by Gasteiger charge is 2.30. The van der Waals surface area contributed by atoms with Crippen molar-refractivity contribution in [1.29, 1.82) is 0 Å². The number of hydrogen-bond acceptors (Lipinski definition) is 3. The van der Waals surface area contributed by atoms with E-state index in [1.165, 1.54) is 0 Å². The van der Waals surface area contributed by atoms with Crippen molar-refractivity contribution in [2.45, 2.75) is 51.0 Å². The zero-order valence-corrected chi connectivity index (χ0v) is 13.4. The summed E-state index contributed by atoms with van der Waals surface area (Å²) in [4.78, 5) is 24.4. The van der Waals surface area contributed by atoms with E-state index in [1.54, 1.807) is 11.3 Å². The third-order valence-corrected chi connectivity index (χ3v) is 5.24. The topological polar surface area (TPSA) is 66.4 Å². The number of thiophene rings is 1. The lowest BCUT2D eigenvalue weighted by Gasteiger charge is -2.22. The van der Waals surface area contributed by atoms with E-state index in [1.807, 2.05) is 11.4 Å². The van der Waals surface area contributed by atoms with Crippen LogP contribution in [0.1, 0.15) is 43.4 Å². The summed E-state index contributed by atoms with van der Waals surface area (Å²) >= 11 is 7.39. The van der Waals surface area contributed by atoms with Crippen LogP contribution in [0.15, 0.2) is 11.4 Å². The highest BCUT2D eigenvalue weighted by atomic mass is 35.5. The van der Waals surface area contributed by atoms with Gasteiger partial charge in [0.25, 0.3) is 0 Å². The van der Waals surface area contributed by atoms with Crippen LogP contribution in [0.2, 0.25) is 5.02 Å². The smallest absolute Gasteiger partial charge is 0.308 e. The van der Waals surface area contributed by atoms with Crippen LogP contribution >= 0.6 is 22.9 Å². The first-order valence-corrected chi connectivity index (χ1v) is 8.57. The Labute approximate surface area is 133 Å². The Kier molecular flexibility index (Phi) is 6.06. The largest absolute Gasteiger partial charge is 0.481 e. The van der Waals surface area contributed by atoms with E-state index in [9.17, 15) is 14.7 Å². The molecule has 4 nitrogen and oxygen atoms in total. The van der Waals surface area contributed by atoms with Crippen molar-refractivity contribution in [3.63, 3.8) is 0 Å². The van der Waals surface area contributed by atoms with Crippen LogP contribution in [0.5, 0.6) is 0 Å². The maximum atomic E-state index is 12.0. The minimum Gasteiger partial charge on any atom is -0.481 e. The Morgan fingerprint density at radius 1 is 1.33 bits per heavy atom. The molecule has 0 radical (unpaired) electrons. The molecule has 0 bridgehead atoms. The predicted octanol–water partition coefficient (Wildman–Crippen LogP) is 3.48. The number of aryl methyl sites for hydroxylation is 1. The Balaban J connectivity index is 1.85. The van der Waals surface area contributed by atoms with E-state index in [0.717, 1.165) is 30.6 Å². The van der Waals surface area contributed by atoms with Gasteiger partial charge in [0.2, 0.25) is 5.91 Å². The predicted molar refractivity (Wildman–Crippen MR) is 83.8 cm³/mol. The van der Waals surface area contributed by atoms with Crippen molar-refractivity contribution < 1.29 is 14.7 Å². The SMILES string of the molecule is O=C(CCc1cc(Cl)cs1)N[C@H]1CCCCC[C@H]1C(=O)O. The monoisotopic (exact) mass is 329 g/mol. The van der Waals surface area contributed by atoms with Gasteiger partial charge >= 0.3 is 5.97 Å². The van der Waals surface area contributed by atoms with Crippen LogP contribution in [0.4, 0.5) is 0 Å². The molecule has 0 saturated heterocycles. The minimum atomic E-state index is -0.799. The Hall–Kier alpha value is -1.07. The average molecular weight is 330 g/mol. The third kappa shape index (κ3) is 5.00. The van der Waals surface area contributed by atoms with Gasteiger partial charge in [0.15, 0.2) is 0 Å². The van der Waals surface area contributed by atoms with E-state index in [2.05, 4.69) is 5.32 Å². The number of carboxylic acids is 1. The van der Waals surface area contributed by atoms with Gasteiger partial charge in [-0.3, -0.25) is 9.59 Å². The minimum absolute atomic E-state index is 0.0716. The van der Waals surface area contributed by atoms with Crippen molar-refractivity contribution >= 4 is 34.8 Å². The molecular formula is C15H20ClNO3S. The van der Waals surface area contributed by atoms with Gasteiger partial charge in [0, 0.05) is 22.7 Å². The van der Waals surface area contributed by atoms with Gasteiger partial charge in [-0.05, 0) is 25.3 Å². The molecule has 21 heavy (non-hydrogen) atoms. The summed E-state index contributed by atoms with van der Waals surface area (Å²) in [7, 11) is 0. The van der Waals surface area contributed by atoms with Gasteiger partial charge in [-0.1, -0.05) is 30.9 Å². The van der Waals surface area contributed by atoms with Gasteiger partial charge in [0.05, 0.1) is 10.9 Å². The molecule has 0 aromatic carbocycles. The second kappa shape index (κ2) is 7.80. The summed E-state index contributed by atoms with van der Waals surface area (Å²) < 4.78 is 0. The van der Waals surface area contributed by atoms with Crippen molar-refractivity contribution in [2.75, 3.05) is 0 Å². The normalized spacial score (nSPS) is 22.5. The fraction of sp³-hybridized carbons (Fsp3) is 0.600. The zero-order chi connectivity index (χ0) is 15.2. The van der Waals surface area contributed by atoms with Crippen molar-refractivity contribution in [3.8, 4) is 0 Å². The van der Waals surface area contributed by atoms with Crippen LogP contribution < -0.4 is 5.32 Å². The van der Waals surface area contributed by atoms with Crippen LogP contribution in [0.3, 0.4) is 0 Å². The molecule has 0 aliphatic heterocycles. The summed E-state index contributed by atoms with van der Waals surface area (Å²) in [6.07, 6.45) is 5.39. The molecule has 1 heterocycles. The van der Waals surface area contributed by atoms with E-state index in [4.69, 9.17) is 11.6 Å². The zero-order valence-electron chi connectivity index (χ0n) is 11.8. The molecular weight excluding hydrogens is 310 g/mol. The van der Waals surface area contributed by atoms with Gasteiger partial charge in [0.1, 0.15) is 0 Å². The lowest BCUT2D eigenvalue weighted by Crippen LogP contribution is -2.42. The number of nitrogens with one attached hydrogen (secondary N) is 1. The molecule has 2 rings (SSSR count). The number of amides is 1. The summed E-state index contributed by atoms with van der Waals surface area (Å²) in [5, 5.41) is 14.8. The van der Waals surface area contributed by atoms with Gasteiger partial charge in [-0.15, -0.1) is 11.3 Å². The van der Waals surface area contributed by atoms with Crippen LogP contribution in [-0.4, -0.2) is 23.0 Å². The summed E-state index contributed by atoms with van der Waals surface area (Å²) in [6, 6.07) is 1.63. The second-order valence-corrected chi connectivity index (χ2v) is 6.92. The number of aliphatic carboxylic acids is 1. The molecule has 1 aliphatic carbocycles. The average Bonchev–Trinajstić information content (AvgIpc) is 2.70. The van der Waals surface area contributed by atoms with Crippen molar-refractivity contribution in [2.24, 2.45) is 5.92 Å². The van der Waals surface area contributed by atoms with Crippen molar-refractivity contribution in [1.82, 2.24) is 5.32 Å². The van der Waals surface area contributed by atoms with Gasteiger partial charge < -0.3 is 10.4 Å². The maximum Gasteiger partial charge on any atom is 0.308 e. The van der Waals surface area contributed by atoms with E-state index in [-0.39, 0.29) is 11.9 Å². The molecule has 1 aliphatic rings. The Morgan fingerprint density at radius 2 is 2.10 bits per heavy atom. The molecule has 1 amide bonds. The first-order chi connectivity index (χ1) is 10.1. The molecule has 1 aromatic heterocycles. The number of carboxylic acid groups (broad SMARTS) is 1. The molecule has 0 spiro atoms. The number of halogens is 1. The summed E-state index contributed by atoms with van der Waals surface area (Å²) in [5.74, 6) is -1.32. The lowest BCUT2D eigenvalue weighted by molar-refractivity contribution is -0.143. The number of carbonyl (C=O) groups is 2. The summed E-state index contributed by atoms with van der Waals surface area (Å²) in [6.45, 7) is 0. The highest BCUT2D eigenvalue weighted by molar-refractivity contribution is 7.10.